The molecule has 11 heteroatoms. The van der Waals surface area contributed by atoms with Crippen molar-refractivity contribution in [2.24, 2.45) is 0 Å². The van der Waals surface area contributed by atoms with Gasteiger partial charge in [-0.2, -0.15) is 0 Å². The summed E-state index contributed by atoms with van der Waals surface area (Å²) in [5.74, 6) is -2.26. The molecule has 0 unspecified atom stereocenters. The molecular formula is C13H9KN2O7S. The van der Waals surface area contributed by atoms with Gasteiger partial charge in [0.15, 0.2) is 0 Å². The number of anilines is 1. The topological polar surface area (TPSA) is 150 Å². The minimum Gasteiger partial charge on any atom is -0.872 e. The van der Waals surface area contributed by atoms with Crippen molar-refractivity contribution in [1.82, 2.24) is 0 Å². The van der Waals surface area contributed by atoms with Gasteiger partial charge in [-0.15, -0.1) is 0 Å². The molecule has 0 aliphatic heterocycles. The number of aromatic carboxylic acids is 1. The number of hydrogen-bond donors (Lipinski definition) is 2. The normalized spacial score (nSPS) is 10.5. The van der Waals surface area contributed by atoms with Crippen LogP contribution in [0.25, 0.3) is 0 Å². The van der Waals surface area contributed by atoms with Crippen LogP contribution in [0.5, 0.6) is 5.75 Å². The number of sulfonamides is 1. The van der Waals surface area contributed by atoms with Crippen molar-refractivity contribution in [3.05, 3.63) is 58.1 Å². The van der Waals surface area contributed by atoms with Crippen LogP contribution in [-0.2, 0) is 10.0 Å². The second-order valence-corrected chi connectivity index (χ2v) is 6.06. The van der Waals surface area contributed by atoms with E-state index in [4.69, 9.17) is 5.11 Å². The fourth-order valence-corrected chi connectivity index (χ4v) is 2.83. The number of nitro groups is 1. The molecule has 24 heavy (non-hydrogen) atoms. The first-order valence-electron chi connectivity index (χ1n) is 6.02. The molecular weight excluding hydrogens is 367 g/mol. The zero-order valence-corrected chi connectivity index (χ0v) is 16.2. The quantitative estimate of drug-likeness (QED) is 0.354. The van der Waals surface area contributed by atoms with Gasteiger partial charge >= 0.3 is 57.4 Å². The Morgan fingerprint density at radius 1 is 1.17 bits per heavy atom. The van der Waals surface area contributed by atoms with Crippen LogP contribution < -0.4 is 61.2 Å². The summed E-state index contributed by atoms with van der Waals surface area (Å²) in [6.07, 6.45) is 0. The monoisotopic (exact) mass is 376 g/mol. The van der Waals surface area contributed by atoms with Crippen LogP contribution in [0, 0.1) is 10.1 Å². The number of nitrogens with one attached hydrogen (secondary N) is 1. The van der Waals surface area contributed by atoms with Crippen LogP contribution in [0.2, 0.25) is 0 Å². The first-order chi connectivity index (χ1) is 10.7. The average Bonchev–Trinajstić information content (AvgIpc) is 2.49. The Hall–Kier alpha value is -1.50. The third-order valence-electron chi connectivity index (χ3n) is 2.80. The molecule has 0 heterocycles. The predicted molar refractivity (Wildman–Crippen MR) is 76.8 cm³/mol. The molecule has 0 radical (unpaired) electrons. The van der Waals surface area contributed by atoms with Gasteiger partial charge in [0.05, 0.1) is 15.4 Å². The van der Waals surface area contributed by atoms with E-state index in [0.29, 0.717) is 0 Å². The molecule has 0 aliphatic carbocycles. The van der Waals surface area contributed by atoms with E-state index in [0.717, 1.165) is 36.4 Å². The summed E-state index contributed by atoms with van der Waals surface area (Å²) in [4.78, 5) is 20.5. The first kappa shape index (κ1) is 20.5. The number of nitrogens with zero attached hydrogens (tertiary/aromatic N) is 1. The van der Waals surface area contributed by atoms with Crippen LogP contribution in [0.1, 0.15) is 10.4 Å². The number of hydrogen-bond acceptors (Lipinski definition) is 6. The van der Waals surface area contributed by atoms with Crippen molar-refractivity contribution in [1.29, 1.82) is 0 Å². The third-order valence-corrected chi connectivity index (χ3v) is 4.18. The average molecular weight is 376 g/mol. The maximum atomic E-state index is 12.2. The number of non-ortho nitro benzene ring substituents is 1. The number of carboxylic acid groups (broad SMARTS) is 1. The van der Waals surface area contributed by atoms with E-state index in [2.05, 4.69) is 4.72 Å². The second kappa shape index (κ2) is 8.05. The zero-order valence-electron chi connectivity index (χ0n) is 12.3. The van der Waals surface area contributed by atoms with E-state index in [1.807, 2.05) is 0 Å². The minimum absolute atomic E-state index is 0. The Balaban J connectivity index is 0.00000288. The van der Waals surface area contributed by atoms with Gasteiger partial charge in [0.25, 0.3) is 15.7 Å². The Morgan fingerprint density at radius 2 is 1.83 bits per heavy atom. The van der Waals surface area contributed by atoms with Crippen molar-refractivity contribution in [3.63, 3.8) is 0 Å². The van der Waals surface area contributed by atoms with Crippen molar-refractivity contribution in [3.8, 4) is 5.75 Å². The first-order valence-corrected chi connectivity index (χ1v) is 7.50. The molecule has 0 atom stereocenters. The third kappa shape index (κ3) is 4.75. The van der Waals surface area contributed by atoms with E-state index < -0.39 is 37.9 Å². The molecule has 0 saturated heterocycles. The molecule has 120 valence electrons. The molecule has 0 fully saturated rings. The van der Waals surface area contributed by atoms with Gasteiger partial charge in [-0.05, 0) is 18.2 Å². The minimum atomic E-state index is -4.17. The molecule has 0 bridgehead atoms. The maximum Gasteiger partial charge on any atom is 1.00 e. The predicted octanol–water partition coefficient (Wildman–Crippen LogP) is -1.83. The van der Waals surface area contributed by atoms with E-state index in [1.165, 1.54) is 6.07 Å². The van der Waals surface area contributed by atoms with Crippen molar-refractivity contribution >= 4 is 27.4 Å². The molecule has 2 aromatic rings. The number of carboxylic acids is 1. The second-order valence-electron chi connectivity index (χ2n) is 4.38. The summed E-state index contributed by atoms with van der Waals surface area (Å²) < 4.78 is 26.4. The molecule has 9 nitrogen and oxygen atoms in total. The van der Waals surface area contributed by atoms with Crippen LogP contribution in [0.3, 0.4) is 0 Å². The van der Waals surface area contributed by atoms with Crippen LogP contribution in [0.15, 0.2) is 47.4 Å². The zero-order chi connectivity index (χ0) is 17.2. The fraction of sp³-hybridized carbons (Fsp3) is 0. The Kier molecular flexibility index (Phi) is 6.89. The Labute approximate surface area is 178 Å². The van der Waals surface area contributed by atoms with Gasteiger partial charge in [-0.3, -0.25) is 14.8 Å². The van der Waals surface area contributed by atoms with Crippen LogP contribution in [0.4, 0.5) is 11.4 Å². The van der Waals surface area contributed by atoms with Gasteiger partial charge in [-0.25, -0.2) is 13.2 Å². The van der Waals surface area contributed by atoms with Crippen molar-refractivity contribution < 1.29 is 79.7 Å². The summed E-state index contributed by atoms with van der Waals surface area (Å²) in [5, 5.41) is 30.9. The molecule has 2 aromatic carbocycles. The number of carbonyl (C=O) groups is 1. The maximum absolute atomic E-state index is 12.2. The number of rotatable bonds is 5. The smallest absolute Gasteiger partial charge is 0.872 e. The van der Waals surface area contributed by atoms with Gasteiger partial charge in [0.1, 0.15) is 0 Å². The Bertz CT molecular complexity index is 899. The van der Waals surface area contributed by atoms with E-state index >= 15 is 0 Å². The molecule has 0 saturated carbocycles. The van der Waals surface area contributed by atoms with Gasteiger partial charge in [0.2, 0.25) is 0 Å². The van der Waals surface area contributed by atoms with Crippen LogP contribution >= 0.6 is 0 Å². The molecule has 0 aromatic heterocycles. The number of nitro benzene ring substituents is 1. The fourth-order valence-electron chi connectivity index (χ4n) is 1.74. The van der Waals surface area contributed by atoms with E-state index in [9.17, 15) is 28.4 Å². The SMILES string of the molecule is O=C(O)c1cc(NS(=O)(=O)c2cccc([N+](=O)[O-])c2)ccc1[O-].[K+]. The number of benzene rings is 2. The van der Waals surface area contributed by atoms with E-state index in [-0.39, 0.29) is 62.0 Å². The Morgan fingerprint density at radius 3 is 2.42 bits per heavy atom. The molecule has 0 amide bonds. The summed E-state index contributed by atoms with van der Waals surface area (Å²) >= 11 is 0. The van der Waals surface area contributed by atoms with Crippen molar-refractivity contribution in [2.75, 3.05) is 4.72 Å². The summed E-state index contributed by atoms with van der Waals surface area (Å²) in [7, 11) is -4.17. The van der Waals surface area contributed by atoms with Gasteiger partial charge in [0, 0.05) is 17.8 Å². The standard InChI is InChI=1S/C13H10N2O7S.K/c16-12-5-4-8(6-11(12)13(17)18)14-23(21,22)10-3-1-2-9(7-10)15(19)20;/h1-7,14,16H,(H,17,18);/q;+1/p-1. The summed E-state index contributed by atoms with van der Waals surface area (Å²) in [6, 6.07) is 7.24. The largest absolute Gasteiger partial charge is 1.00 e. The summed E-state index contributed by atoms with van der Waals surface area (Å²) in [6.45, 7) is 0. The molecule has 2 N–H and O–H groups in total. The van der Waals surface area contributed by atoms with Crippen molar-refractivity contribution in [2.45, 2.75) is 4.90 Å². The van der Waals surface area contributed by atoms with Gasteiger partial charge in [-0.1, -0.05) is 17.9 Å². The van der Waals surface area contributed by atoms with Gasteiger partial charge < -0.3 is 10.2 Å². The molecule has 2 rings (SSSR count). The van der Waals surface area contributed by atoms with Crippen LogP contribution in [-0.4, -0.2) is 24.4 Å². The summed E-state index contributed by atoms with van der Waals surface area (Å²) in [5.41, 5.74) is -1.15. The molecule has 0 spiro atoms. The van der Waals surface area contributed by atoms with E-state index in [1.54, 1.807) is 0 Å². The molecule has 0 aliphatic rings.